The van der Waals surface area contributed by atoms with Crippen LogP contribution in [0.3, 0.4) is 0 Å². The van der Waals surface area contributed by atoms with Crippen LogP contribution in [0.15, 0.2) is 72.9 Å². The molecule has 3 nitrogen and oxygen atoms in total. The summed E-state index contributed by atoms with van der Waals surface area (Å²) in [5, 5.41) is 10.0. The second-order valence-corrected chi connectivity index (χ2v) is 5.82. The van der Waals surface area contributed by atoms with Crippen molar-refractivity contribution in [2.75, 3.05) is 0 Å². The van der Waals surface area contributed by atoms with E-state index in [9.17, 15) is 9.65 Å². The predicted molar refractivity (Wildman–Crippen MR) is 99.9 cm³/mol. The number of rotatable bonds is 3. The van der Waals surface area contributed by atoms with Crippen LogP contribution in [0, 0.1) is 17.1 Å². The SMILES string of the molecule is [B]c1cn(-c2ccc(Oc3ccc(F)cc3)cc2)c2cccc(C#N)c12. The fourth-order valence-electron chi connectivity index (χ4n) is 2.94. The molecule has 0 saturated carbocycles. The summed E-state index contributed by atoms with van der Waals surface area (Å²) in [4.78, 5) is 0. The molecule has 0 atom stereocenters. The molecular weight excluding hydrogens is 326 g/mol. The highest BCUT2D eigenvalue weighted by molar-refractivity contribution is 6.39. The summed E-state index contributed by atoms with van der Waals surface area (Å²) >= 11 is 0. The first-order valence-corrected chi connectivity index (χ1v) is 7.99. The molecule has 1 aromatic heterocycles. The van der Waals surface area contributed by atoms with E-state index in [1.807, 2.05) is 41.0 Å². The molecule has 0 saturated heterocycles. The van der Waals surface area contributed by atoms with E-state index in [1.54, 1.807) is 24.4 Å². The molecule has 122 valence electrons. The fraction of sp³-hybridized carbons (Fsp3) is 0. The van der Waals surface area contributed by atoms with E-state index < -0.39 is 0 Å². The number of ether oxygens (including phenoxy) is 1. The average molecular weight is 338 g/mol. The number of hydrogen-bond acceptors (Lipinski definition) is 2. The van der Waals surface area contributed by atoms with Crippen LogP contribution in [0.2, 0.25) is 0 Å². The van der Waals surface area contributed by atoms with E-state index in [0.717, 1.165) is 16.6 Å². The van der Waals surface area contributed by atoms with Crippen LogP contribution in [0.25, 0.3) is 16.6 Å². The van der Waals surface area contributed by atoms with Crippen LogP contribution in [0.5, 0.6) is 11.5 Å². The molecule has 0 spiro atoms. The zero-order valence-electron chi connectivity index (χ0n) is 13.7. The Bertz CT molecular complexity index is 1130. The molecule has 0 N–H and O–H groups in total. The van der Waals surface area contributed by atoms with E-state index in [2.05, 4.69) is 6.07 Å². The summed E-state index contributed by atoms with van der Waals surface area (Å²) in [6.45, 7) is 0. The molecule has 0 unspecified atom stereocenters. The van der Waals surface area contributed by atoms with Crippen molar-refractivity contribution in [1.82, 2.24) is 4.57 Å². The van der Waals surface area contributed by atoms with E-state index >= 15 is 0 Å². The molecule has 0 aliphatic carbocycles. The molecule has 3 aromatic carbocycles. The van der Waals surface area contributed by atoms with Gasteiger partial charge in [-0.25, -0.2) is 4.39 Å². The molecule has 4 aromatic rings. The second kappa shape index (κ2) is 6.42. The Morgan fingerprint density at radius 2 is 1.58 bits per heavy atom. The van der Waals surface area contributed by atoms with Gasteiger partial charge in [0.1, 0.15) is 25.2 Å². The molecule has 0 aliphatic heterocycles. The van der Waals surface area contributed by atoms with E-state index in [1.165, 1.54) is 12.1 Å². The molecule has 0 bridgehead atoms. The summed E-state index contributed by atoms with van der Waals surface area (Å²) in [7, 11) is 6.11. The van der Waals surface area contributed by atoms with Gasteiger partial charge >= 0.3 is 0 Å². The third kappa shape index (κ3) is 2.82. The maximum Gasteiger partial charge on any atom is 0.127 e. The van der Waals surface area contributed by atoms with Gasteiger partial charge in [-0.3, -0.25) is 0 Å². The van der Waals surface area contributed by atoms with Gasteiger partial charge in [0.05, 0.1) is 17.1 Å². The number of nitriles is 1. The van der Waals surface area contributed by atoms with Crippen molar-refractivity contribution >= 4 is 24.2 Å². The molecule has 5 heteroatoms. The lowest BCUT2D eigenvalue weighted by Gasteiger charge is -2.09. The van der Waals surface area contributed by atoms with Crippen LogP contribution in [-0.4, -0.2) is 12.4 Å². The molecule has 0 fully saturated rings. The van der Waals surface area contributed by atoms with Gasteiger partial charge in [-0.05, 0) is 60.7 Å². The summed E-state index contributed by atoms with van der Waals surface area (Å²) in [5.41, 5.74) is 2.88. The highest BCUT2D eigenvalue weighted by Crippen LogP contribution is 2.25. The minimum atomic E-state index is -0.304. The zero-order valence-corrected chi connectivity index (χ0v) is 13.7. The van der Waals surface area contributed by atoms with Gasteiger partial charge in [-0.2, -0.15) is 5.26 Å². The Balaban J connectivity index is 1.68. The van der Waals surface area contributed by atoms with Crippen molar-refractivity contribution in [3.63, 3.8) is 0 Å². The zero-order chi connectivity index (χ0) is 18.1. The Hall–Kier alpha value is -3.52. The molecular formula is C21H12BFN2O. The Labute approximate surface area is 151 Å². The third-order valence-electron chi connectivity index (χ3n) is 4.14. The average Bonchev–Trinajstić information content (AvgIpc) is 3.01. The van der Waals surface area contributed by atoms with E-state index in [0.29, 0.717) is 22.5 Å². The van der Waals surface area contributed by atoms with Crippen LogP contribution >= 0.6 is 0 Å². The fourth-order valence-corrected chi connectivity index (χ4v) is 2.94. The van der Waals surface area contributed by atoms with Crippen LogP contribution in [0.1, 0.15) is 5.56 Å². The lowest BCUT2D eigenvalue weighted by Crippen LogP contribution is -2.00. The molecule has 4 rings (SSSR count). The molecule has 2 radical (unpaired) electrons. The third-order valence-corrected chi connectivity index (χ3v) is 4.14. The lowest BCUT2D eigenvalue weighted by molar-refractivity contribution is 0.480. The van der Waals surface area contributed by atoms with E-state index in [-0.39, 0.29) is 5.82 Å². The first-order chi connectivity index (χ1) is 12.7. The second-order valence-electron chi connectivity index (χ2n) is 5.82. The van der Waals surface area contributed by atoms with Crippen LogP contribution in [-0.2, 0) is 0 Å². The maximum absolute atomic E-state index is 13.0. The number of benzene rings is 3. The topological polar surface area (TPSA) is 38.0 Å². The van der Waals surface area contributed by atoms with Gasteiger partial charge < -0.3 is 9.30 Å². The first kappa shape index (κ1) is 16.0. The van der Waals surface area contributed by atoms with Crippen molar-refractivity contribution in [2.24, 2.45) is 0 Å². The van der Waals surface area contributed by atoms with E-state index in [4.69, 9.17) is 12.6 Å². The number of nitrogens with zero attached hydrogens (tertiary/aromatic N) is 2. The van der Waals surface area contributed by atoms with Crippen LogP contribution < -0.4 is 10.2 Å². The summed E-state index contributed by atoms with van der Waals surface area (Å²) in [6, 6.07) is 21.0. The quantitative estimate of drug-likeness (QED) is 0.525. The maximum atomic E-state index is 13.0. The van der Waals surface area contributed by atoms with Crippen molar-refractivity contribution in [3.05, 3.63) is 84.3 Å². The number of fused-ring (bicyclic) bond motifs is 1. The Kier molecular flexibility index (Phi) is 3.94. The molecule has 26 heavy (non-hydrogen) atoms. The summed E-state index contributed by atoms with van der Waals surface area (Å²) in [6.07, 6.45) is 1.81. The number of halogens is 1. The molecule has 1 heterocycles. The molecule has 0 amide bonds. The van der Waals surface area contributed by atoms with Gasteiger partial charge in [-0.1, -0.05) is 11.5 Å². The smallest absolute Gasteiger partial charge is 0.127 e. The summed E-state index contributed by atoms with van der Waals surface area (Å²) in [5.74, 6) is 0.900. The monoisotopic (exact) mass is 338 g/mol. The van der Waals surface area contributed by atoms with Crippen molar-refractivity contribution in [1.29, 1.82) is 5.26 Å². The minimum Gasteiger partial charge on any atom is -0.457 e. The highest BCUT2D eigenvalue weighted by Gasteiger charge is 2.10. The standard InChI is InChI=1S/C21H12BFN2O/c22-19-13-25(20-3-1-2-14(12-24)21(19)20)16-6-10-18(11-7-16)26-17-8-4-15(23)5-9-17/h1-11,13H. The lowest BCUT2D eigenvalue weighted by atomic mass is 9.93. The van der Waals surface area contributed by atoms with Gasteiger partial charge in [-0.15, -0.1) is 0 Å². The normalized spacial score (nSPS) is 10.6. The minimum absolute atomic E-state index is 0.304. The van der Waals surface area contributed by atoms with Gasteiger partial charge in [0.25, 0.3) is 0 Å². The van der Waals surface area contributed by atoms with Gasteiger partial charge in [0, 0.05) is 17.3 Å². The van der Waals surface area contributed by atoms with Crippen molar-refractivity contribution < 1.29 is 9.13 Å². The molecule has 0 aliphatic rings. The van der Waals surface area contributed by atoms with Crippen molar-refractivity contribution in [3.8, 4) is 23.3 Å². The van der Waals surface area contributed by atoms with Crippen molar-refractivity contribution in [2.45, 2.75) is 0 Å². The first-order valence-electron chi connectivity index (χ1n) is 7.99. The Morgan fingerprint density at radius 1 is 0.923 bits per heavy atom. The van der Waals surface area contributed by atoms with Gasteiger partial charge in [0.2, 0.25) is 0 Å². The van der Waals surface area contributed by atoms with Crippen LogP contribution in [0.4, 0.5) is 4.39 Å². The number of hydrogen-bond donors (Lipinski definition) is 0. The Morgan fingerprint density at radius 3 is 2.23 bits per heavy atom. The van der Waals surface area contributed by atoms with Gasteiger partial charge in [0.15, 0.2) is 0 Å². The predicted octanol–water partition coefficient (Wildman–Crippen LogP) is 4.23. The summed E-state index contributed by atoms with van der Waals surface area (Å²) < 4.78 is 20.6. The number of aromatic nitrogens is 1. The largest absolute Gasteiger partial charge is 0.457 e. The highest BCUT2D eigenvalue weighted by atomic mass is 19.1.